The van der Waals surface area contributed by atoms with Gasteiger partial charge in [0.25, 0.3) is 0 Å². The van der Waals surface area contributed by atoms with Crippen LogP contribution in [0.1, 0.15) is 28.8 Å². The number of anilines is 1. The number of carboxylic acid groups (broad SMARTS) is 1. The predicted molar refractivity (Wildman–Crippen MR) is 65.6 cm³/mol. The molecule has 17 heavy (non-hydrogen) atoms. The maximum absolute atomic E-state index is 11.1. The zero-order valence-electron chi connectivity index (χ0n) is 9.89. The van der Waals surface area contributed by atoms with Crippen LogP contribution >= 0.6 is 0 Å². The fourth-order valence-corrected chi connectivity index (χ4v) is 2.16. The van der Waals surface area contributed by atoms with Gasteiger partial charge < -0.3 is 15.1 Å². The second kappa shape index (κ2) is 4.75. The second-order valence-corrected chi connectivity index (χ2v) is 4.52. The molecule has 0 atom stereocenters. The zero-order valence-corrected chi connectivity index (χ0v) is 9.89. The molecule has 1 heterocycles. The molecule has 1 aliphatic heterocycles. The van der Waals surface area contributed by atoms with E-state index in [4.69, 9.17) is 5.11 Å². The summed E-state index contributed by atoms with van der Waals surface area (Å²) in [5.41, 5.74) is 2.06. The van der Waals surface area contributed by atoms with Crippen LogP contribution in [0.25, 0.3) is 0 Å². The molecule has 0 bridgehead atoms. The molecule has 2 N–H and O–H groups in total. The highest BCUT2D eigenvalue weighted by molar-refractivity contribution is 5.90. The van der Waals surface area contributed by atoms with Gasteiger partial charge in [-0.2, -0.15) is 0 Å². The summed E-state index contributed by atoms with van der Waals surface area (Å²) in [6.07, 6.45) is 1.28. The Morgan fingerprint density at radius 1 is 1.35 bits per heavy atom. The van der Waals surface area contributed by atoms with Crippen LogP contribution in [0, 0.1) is 6.92 Å². The summed E-state index contributed by atoms with van der Waals surface area (Å²) in [7, 11) is 0. The SMILES string of the molecule is Cc1ccc(N2CCC(O)CC2)cc1C(=O)O. The van der Waals surface area contributed by atoms with Crippen molar-refractivity contribution in [2.75, 3.05) is 18.0 Å². The van der Waals surface area contributed by atoms with Crippen LogP contribution in [0.5, 0.6) is 0 Å². The Bertz CT molecular complexity index is 423. The van der Waals surface area contributed by atoms with Gasteiger partial charge in [0.1, 0.15) is 0 Å². The van der Waals surface area contributed by atoms with Gasteiger partial charge in [-0.05, 0) is 37.5 Å². The van der Waals surface area contributed by atoms with E-state index in [2.05, 4.69) is 4.90 Å². The molecule has 92 valence electrons. The average molecular weight is 235 g/mol. The third-order valence-electron chi connectivity index (χ3n) is 3.28. The molecule has 2 rings (SSSR count). The van der Waals surface area contributed by atoms with E-state index in [0.29, 0.717) is 5.56 Å². The van der Waals surface area contributed by atoms with Crippen molar-refractivity contribution in [3.05, 3.63) is 29.3 Å². The second-order valence-electron chi connectivity index (χ2n) is 4.52. The van der Waals surface area contributed by atoms with Crippen molar-refractivity contribution in [3.63, 3.8) is 0 Å². The van der Waals surface area contributed by atoms with Gasteiger partial charge in [-0.15, -0.1) is 0 Å². The van der Waals surface area contributed by atoms with Gasteiger partial charge in [0.2, 0.25) is 0 Å². The van der Waals surface area contributed by atoms with Crippen LogP contribution in [-0.2, 0) is 0 Å². The van der Waals surface area contributed by atoms with Crippen molar-refractivity contribution in [2.24, 2.45) is 0 Å². The average Bonchev–Trinajstić information content (AvgIpc) is 2.30. The molecule has 1 saturated heterocycles. The van der Waals surface area contributed by atoms with Crippen LogP contribution in [0.4, 0.5) is 5.69 Å². The van der Waals surface area contributed by atoms with E-state index in [1.165, 1.54) is 0 Å². The molecular formula is C13H17NO3. The molecule has 1 fully saturated rings. The monoisotopic (exact) mass is 235 g/mol. The Morgan fingerprint density at radius 2 is 2.00 bits per heavy atom. The number of benzene rings is 1. The van der Waals surface area contributed by atoms with Gasteiger partial charge in [0, 0.05) is 18.8 Å². The minimum atomic E-state index is -0.888. The minimum absolute atomic E-state index is 0.212. The topological polar surface area (TPSA) is 60.8 Å². The number of aryl methyl sites for hydroxylation is 1. The van der Waals surface area contributed by atoms with Gasteiger partial charge in [0.05, 0.1) is 11.7 Å². The first kappa shape index (κ1) is 11.9. The Kier molecular flexibility index (Phi) is 3.33. The van der Waals surface area contributed by atoms with E-state index in [1.54, 1.807) is 13.0 Å². The normalized spacial score (nSPS) is 17.2. The Morgan fingerprint density at radius 3 is 2.59 bits per heavy atom. The van der Waals surface area contributed by atoms with Gasteiger partial charge in [-0.25, -0.2) is 4.79 Å². The van der Waals surface area contributed by atoms with Crippen molar-refractivity contribution in [2.45, 2.75) is 25.9 Å². The molecule has 0 amide bonds. The number of hydrogen-bond donors (Lipinski definition) is 2. The van der Waals surface area contributed by atoms with Gasteiger partial charge >= 0.3 is 5.97 Å². The van der Waals surface area contributed by atoms with Crippen molar-refractivity contribution >= 4 is 11.7 Å². The van der Waals surface area contributed by atoms with E-state index >= 15 is 0 Å². The van der Waals surface area contributed by atoms with Gasteiger partial charge in [-0.1, -0.05) is 6.07 Å². The maximum atomic E-state index is 11.1. The number of rotatable bonds is 2. The molecule has 4 nitrogen and oxygen atoms in total. The number of aliphatic hydroxyl groups is 1. The number of nitrogens with zero attached hydrogens (tertiary/aromatic N) is 1. The highest BCUT2D eigenvalue weighted by atomic mass is 16.4. The largest absolute Gasteiger partial charge is 0.478 e. The summed E-state index contributed by atoms with van der Waals surface area (Å²) in [6.45, 7) is 3.36. The number of aliphatic hydroxyl groups excluding tert-OH is 1. The molecule has 0 aromatic heterocycles. The van der Waals surface area contributed by atoms with Crippen LogP contribution < -0.4 is 4.90 Å². The smallest absolute Gasteiger partial charge is 0.336 e. The quantitative estimate of drug-likeness (QED) is 0.818. The lowest BCUT2D eigenvalue weighted by molar-refractivity contribution is 0.0696. The summed E-state index contributed by atoms with van der Waals surface area (Å²) in [5.74, 6) is -0.888. The number of carboxylic acids is 1. The van der Waals surface area contributed by atoms with Crippen LogP contribution in [0.2, 0.25) is 0 Å². The molecule has 0 radical (unpaired) electrons. The van der Waals surface area contributed by atoms with Crippen LogP contribution in [-0.4, -0.2) is 35.4 Å². The third-order valence-corrected chi connectivity index (χ3v) is 3.28. The van der Waals surface area contributed by atoms with Crippen molar-refractivity contribution in [1.29, 1.82) is 0 Å². The fourth-order valence-electron chi connectivity index (χ4n) is 2.16. The van der Waals surface area contributed by atoms with E-state index in [-0.39, 0.29) is 6.10 Å². The van der Waals surface area contributed by atoms with Gasteiger partial charge in [-0.3, -0.25) is 0 Å². The lowest BCUT2D eigenvalue weighted by Crippen LogP contribution is -2.35. The highest BCUT2D eigenvalue weighted by Crippen LogP contribution is 2.23. The van der Waals surface area contributed by atoms with E-state index < -0.39 is 5.97 Å². The molecule has 0 spiro atoms. The van der Waals surface area contributed by atoms with E-state index in [1.807, 2.05) is 12.1 Å². The highest BCUT2D eigenvalue weighted by Gasteiger charge is 2.18. The fraction of sp³-hybridized carbons (Fsp3) is 0.462. The lowest BCUT2D eigenvalue weighted by atomic mass is 10.0. The summed E-state index contributed by atoms with van der Waals surface area (Å²) in [6, 6.07) is 5.50. The molecule has 0 aliphatic carbocycles. The van der Waals surface area contributed by atoms with E-state index in [9.17, 15) is 9.90 Å². The van der Waals surface area contributed by atoms with Crippen LogP contribution in [0.3, 0.4) is 0 Å². The Balaban J connectivity index is 2.21. The molecule has 1 aliphatic rings. The van der Waals surface area contributed by atoms with Crippen molar-refractivity contribution < 1.29 is 15.0 Å². The van der Waals surface area contributed by atoms with Crippen LogP contribution in [0.15, 0.2) is 18.2 Å². The maximum Gasteiger partial charge on any atom is 0.336 e. The first-order valence-corrected chi connectivity index (χ1v) is 5.85. The number of hydrogen-bond acceptors (Lipinski definition) is 3. The Labute approximate surface area is 100 Å². The molecule has 0 saturated carbocycles. The summed E-state index contributed by atoms with van der Waals surface area (Å²) >= 11 is 0. The predicted octanol–water partition coefficient (Wildman–Crippen LogP) is 1.65. The molecule has 1 aromatic carbocycles. The van der Waals surface area contributed by atoms with Crippen molar-refractivity contribution in [3.8, 4) is 0 Å². The summed E-state index contributed by atoms with van der Waals surface area (Å²) in [5, 5.41) is 18.5. The zero-order chi connectivity index (χ0) is 12.4. The lowest BCUT2D eigenvalue weighted by Gasteiger charge is -2.31. The molecular weight excluding hydrogens is 218 g/mol. The number of piperidine rings is 1. The first-order chi connectivity index (χ1) is 8.08. The van der Waals surface area contributed by atoms with Gasteiger partial charge in [0.15, 0.2) is 0 Å². The Hall–Kier alpha value is -1.55. The van der Waals surface area contributed by atoms with E-state index in [0.717, 1.165) is 37.2 Å². The third kappa shape index (κ3) is 2.58. The molecule has 0 unspecified atom stereocenters. The summed E-state index contributed by atoms with van der Waals surface area (Å²) in [4.78, 5) is 13.2. The molecule has 1 aromatic rings. The molecule has 4 heteroatoms. The van der Waals surface area contributed by atoms with Crippen molar-refractivity contribution in [1.82, 2.24) is 0 Å². The number of aromatic carboxylic acids is 1. The first-order valence-electron chi connectivity index (χ1n) is 5.85. The summed E-state index contributed by atoms with van der Waals surface area (Å²) < 4.78 is 0. The standard InChI is InChI=1S/C13H17NO3/c1-9-2-3-10(8-12(9)13(16)17)14-6-4-11(15)5-7-14/h2-3,8,11,15H,4-7H2,1H3,(H,16,17). The minimum Gasteiger partial charge on any atom is -0.478 e. The number of carbonyl (C=O) groups is 1.